The number of benzene rings is 13. The summed E-state index contributed by atoms with van der Waals surface area (Å²) in [6.07, 6.45) is 0. The molecular formula is C68H43N. The predicted octanol–water partition coefficient (Wildman–Crippen LogP) is 18.9. The number of hydrogen-bond acceptors (Lipinski definition) is 0. The van der Waals surface area contributed by atoms with Gasteiger partial charge in [0.25, 0.3) is 0 Å². The largest absolute Gasteiger partial charge is 0.309 e. The van der Waals surface area contributed by atoms with Gasteiger partial charge in [-0.3, -0.25) is 0 Å². The van der Waals surface area contributed by atoms with Crippen molar-refractivity contribution in [1.29, 1.82) is 0 Å². The van der Waals surface area contributed by atoms with Crippen molar-refractivity contribution in [2.75, 3.05) is 0 Å². The SMILES string of the molecule is c1ccc2c(-c3ccc(-n4c5ccc(-c6ccc(-c7ccc8c(ccc9ccccc98)c7)cc6)cc5c5cc(-c6ccc(-c7ccc8c(ccc9ccccc98)c7)cc6)ccc54)cc3)cccc2c1. The van der Waals surface area contributed by atoms with Gasteiger partial charge in [0.1, 0.15) is 0 Å². The Balaban J connectivity index is 0.848. The molecule has 1 heterocycles. The fourth-order valence-corrected chi connectivity index (χ4v) is 11.0. The van der Waals surface area contributed by atoms with Crippen LogP contribution in [-0.2, 0) is 0 Å². The third-order valence-corrected chi connectivity index (χ3v) is 14.6. The maximum atomic E-state index is 2.43. The van der Waals surface area contributed by atoms with Gasteiger partial charge in [-0.05, 0) is 158 Å². The smallest absolute Gasteiger partial charge is 0.0541 e. The average Bonchev–Trinajstić information content (AvgIpc) is 3.75. The van der Waals surface area contributed by atoms with E-state index in [2.05, 4.69) is 265 Å². The third kappa shape index (κ3) is 6.62. The van der Waals surface area contributed by atoms with Crippen molar-refractivity contribution >= 4 is 75.7 Å². The van der Waals surface area contributed by atoms with Gasteiger partial charge in [-0.25, -0.2) is 0 Å². The van der Waals surface area contributed by atoms with Crippen LogP contribution in [0.15, 0.2) is 261 Å². The van der Waals surface area contributed by atoms with Gasteiger partial charge in [-0.1, -0.05) is 212 Å². The molecule has 0 aliphatic heterocycles. The lowest BCUT2D eigenvalue weighted by Gasteiger charge is -2.12. The zero-order chi connectivity index (χ0) is 45.4. The van der Waals surface area contributed by atoms with E-state index in [1.807, 2.05) is 0 Å². The lowest BCUT2D eigenvalue weighted by atomic mass is 9.95. The first-order valence-electron chi connectivity index (χ1n) is 23.9. The molecule has 0 aliphatic rings. The van der Waals surface area contributed by atoms with Crippen molar-refractivity contribution < 1.29 is 0 Å². The summed E-state index contributed by atoms with van der Waals surface area (Å²) in [5.41, 5.74) is 15.6. The number of rotatable bonds is 6. The fourth-order valence-electron chi connectivity index (χ4n) is 11.0. The first-order valence-corrected chi connectivity index (χ1v) is 23.9. The van der Waals surface area contributed by atoms with E-state index in [0.717, 1.165) is 5.69 Å². The Hall–Kier alpha value is -9.04. The molecule has 14 rings (SSSR count). The minimum Gasteiger partial charge on any atom is -0.309 e. The molecular weight excluding hydrogens is 831 g/mol. The van der Waals surface area contributed by atoms with Crippen molar-refractivity contribution in [3.8, 4) is 61.3 Å². The molecule has 0 fully saturated rings. The third-order valence-electron chi connectivity index (χ3n) is 14.6. The van der Waals surface area contributed by atoms with Crippen LogP contribution in [0.5, 0.6) is 0 Å². The zero-order valence-electron chi connectivity index (χ0n) is 37.8. The van der Waals surface area contributed by atoms with Crippen molar-refractivity contribution in [3.05, 3.63) is 261 Å². The molecule has 13 aromatic carbocycles. The quantitative estimate of drug-likeness (QED) is 0.147. The van der Waals surface area contributed by atoms with Crippen molar-refractivity contribution in [3.63, 3.8) is 0 Å². The highest BCUT2D eigenvalue weighted by Crippen LogP contribution is 2.40. The molecule has 0 radical (unpaired) electrons. The second-order valence-electron chi connectivity index (χ2n) is 18.5. The van der Waals surface area contributed by atoms with Crippen LogP contribution >= 0.6 is 0 Å². The van der Waals surface area contributed by atoms with Crippen molar-refractivity contribution in [2.24, 2.45) is 0 Å². The van der Waals surface area contributed by atoms with E-state index < -0.39 is 0 Å². The van der Waals surface area contributed by atoms with Crippen LogP contribution in [0.3, 0.4) is 0 Å². The Bertz CT molecular complexity index is 4100. The van der Waals surface area contributed by atoms with Gasteiger partial charge >= 0.3 is 0 Å². The summed E-state index contributed by atoms with van der Waals surface area (Å²) < 4.78 is 2.43. The summed E-state index contributed by atoms with van der Waals surface area (Å²) in [4.78, 5) is 0. The molecule has 0 saturated heterocycles. The second-order valence-corrected chi connectivity index (χ2v) is 18.5. The fraction of sp³-hybridized carbons (Fsp3) is 0. The molecule has 69 heavy (non-hydrogen) atoms. The van der Waals surface area contributed by atoms with E-state index in [1.165, 1.54) is 131 Å². The van der Waals surface area contributed by atoms with Gasteiger partial charge in [0.05, 0.1) is 11.0 Å². The Kier molecular flexibility index (Phi) is 8.97. The van der Waals surface area contributed by atoms with E-state index in [4.69, 9.17) is 0 Å². The minimum absolute atomic E-state index is 1.14. The summed E-state index contributed by atoms with van der Waals surface area (Å²) in [6.45, 7) is 0. The van der Waals surface area contributed by atoms with E-state index in [9.17, 15) is 0 Å². The van der Waals surface area contributed by atoms with Crippen LogP contribution in [0.4, 0.5) is 0 Å². The zero-order valence-corrected chi connectivity index (χ0v) is 37.8. The molecule has 0 aliphatic carbocycles. The second kappa shape index (κ2) is 15.8. The Morgan fingerprint density at radius 2 is 0.536 bits per heavy atom. The first kappa shape index (κ1) is 39.2. The summed E-state index contributed by atoms with van der Waals surface area (Å²) in [7, 11) is 0. The summed E-state index contributed by atoms with van der Waals surface area (Å²) in [5.74, 6) is 0. The lowest BCUT2D eigenvalue weighted by molar-refractivity contribution is 1.18. The number of nitrogens with zero attached hydrogens (tertiary/aromatic N) is 1. The standard InChI is InChI=1S/C68H43N/c1-4-12-59-48(8-1)11-7-15-62(59)51-28-34-58(35-29-51)69-67-38-32-54(46-20-16-44(17-21-46)52-30-36-63-56(40-52)26-24-49-9-2-5-13-60(49)63)42-65(67)66-43-55(33-39-68(66)69)47-22-18-45(19-23-47)53-31-37-64-57(41-53)27-25-50-10-3-6-14-61(50)64/h1-43H. The molecule has 0 saturated carbocycles. The molecule has 0 bridgehead atoms. The Morgan fingerprint density at radius 1 is 0.188 bits per heavy atom. The molecule has 1 aromatic heterocycles. The maximum absolute atomic E-state index is 2.43. The van der Waals surface area contributed by atoms with Gasteiger partial charge in [0, 0.05) is 16.5 Å². The molecule has 0 N–H and O–H groups in total. The molecule has 14 aromatic rings. The molecule has 0 amide bonds. The van der Waals surface area contributed by atoms with E-state index in [1.54, 1.807) is 0 Å². The van der Waals surface area contributed by atoms with Crippen LogP contribution in [0.25, 0.3) is 137 Å². The first-order chi connectivity index (χ1) is 34.2. The van der Waals surface area contributed by atoms with Gasteiger partial charge < -0.3 is 4.57 Å². The van der Waals surface area contributed by atoms with Gasteiger partial charge in [-0.2, -0.15) is 0 Å². The summed E-state index contributed by atoms with van der Waals surface area (Å²) in [6, 6.07) is 96.4. The monoisotopic (exact) mass is 873 g/mol. The van der Waals surface area contributed by atoms with E-state index in [0.29, 0.717) is 0 Å². The summed E-state index contributed by atoms with van der Waals surface area (Å²) >= 11 is 0. The highest BCUT2D eigenvalue weighted by Gasteiger charge is 2.16. The van der Waals surface area contributed by atoms with Crippen molar-refractivity contribution in [1.82, 2.24) is 4.57 Å². The number of fused-ring (bicyclic) bond motifs is 10. The summed E-state index contributed by atoms with van der Waals surface area (Å²) in [5, 5.41) is 15.2. The predicted molar refractivity (Wildman–Crippen MR) is 295 cm³/mol. The number of aromatic nitrogens is 1. The normalized spacial score (nSPS) is 11.8. The van der Waals surface area contributed by atoms with Crippen molar-refractivity contribution in [2.45, 2.75) is 0 Å². The van der Waals surface area contributed by atoms with Gasteiger partial charge in [0.2, 0.25) is 0 Å². The molecule has 1 heteroatoms. The maximum Gasteiger partial charge on any atom is 0.0541 e. The molecule has 0 unspecified atom stereocenters. The average molecular weight is 874 g/mol. The van der Waals surface area contributed by atoms with Crippen LogP contribution in [0.1, 0.15) is 0 Å². The van der Waals surface area contributed by atoms with Crippen LogP contribution < -0.4 is 0 Å². The van der Waals surface area contributed by atoms with Crippen LogP contribution in [-0.4, -0.2) is 4.57 Å². The van der Waals surface area contributed by atoms with E-state index >= 15 is 0 Å². The Labute approximate surface area is 400 Å². The molecule has 0 spiro atoms. The lowest BCUT2D eigenvalue weighted by Crippen LogP contribution is -1.94. The van der Waals surface area contributed by atoms with Gasteiger partial charge in [-0.15, -0.1) is 0 Å². The molecule has 0 atom stereocenters. The molecule has 320 valence electrons. The van der Waals surface area contributed by atoms with E-state index in [-0.39, 0.29) is 0 Å². The minimum atomic E-state index is 1.14. The number of hydrogen-bond donors (Lipinski definition) is 0. The molecule has 1 nitrogen and oxygen atoms in total. The Morgan fingerprint density at radius 3 is 1.03 bits per heavy atom. The highest BCUT2D eigenvalue weighted by atomic mass is 15.0. The topological polar surface area (TPSA) is 4.93 Å². The highest BCUT2D eigenvalue weighted by molar-refractivity contribution is 6.13. The van der Waals surface area contributed by atoms with Gasteiger partial charge in [0.15, 0.2) is 0 Å². The van der Waals surface area contributed by atoms with Crippen LogP contribution in [0, 0.1) is 0 Å². The van der Waals surface area contributed by atoms with Crippen LogP contribution in [0.2, 0.25) is 0 Å².